The molecule has 72 valence electrons. The molecule has 13 heavy (non-hydrogen) atoms. The maximum absolute atomic E-state index is 6.07. The van der Waals surface area contributed by atoms with Crippen molar-refractivity contribution in [1.82, 2.24) is 0 Å². The number of hydrogen-bond acceptors (Lipinski definition) is 2. The first-order valence-electron chi connectivity index (χ1n) is 4.09. The van der Waals surface area contributed by atoms with E-state index in [0.717, 1.165) is 18.4 Å². The van der Waals surface area contributed by atoms with E-state index in [1.165, 1.54) is 0 Å². The minimum absolute atomic E-state index is 0.518. The second-order valence-electron chi connectivity index (χ2n) is 2.92. The molecule has 0 heterocycles. The first-order valence-corrected chi connectivity index (χ1v) is 5.26. The van der Waals surface area contributed by atoms with Crippen LogP contribution >= 0.6 is 27.5 Å². The van der Waals surface area contributed by atoms with Gasteiger partial charge < -0.3 is 11.5 Å². The van der Waals surface area contributed by atoms with Crippen LogP contribution < -0.4 is 11.5 Å². The van der Waals surface area contributed by atoms with Crippen molar-refractivity contribution in [1.29, 1.82) is 0 Å². The lowest BCUT2D eigenvalue weighted by atomic mass is 10.1. The maximum atomic E-state index is 6.07. The van der Waals surface area contributed by atoms with E-state index >= 15 is 0 Å². The fourth-order valence-corrected chi connectivity index (χ4v) is 1.90. The molecule has 0 aliphatic rings. The number of halogens is 2. The SMILES string of the molecule is CCCc1cc(N)c(N)c(Br)c1Cl. The highest BCUT2D eigenvalue weighted by molar-refractivity contribution is 9.10. The summed E-state index contributed by atoms with van der Waals surface area (Å²) in [4.78, 5) is 0. The number of aryl methyl sites for hydroxylation is 1. The summed E-state index contributed by atoms with van der Waals surface area (Å²) in [6, 6.07) is 1.84. The molecule has 2 nitrogen and oxygen atoms in total. The van der Waals surface area contributed by atoms with Gasteiger partial charge in [-0.2, -0.15) is 0 Å². The number of benzene rings is 1. The summed E-state index contributed by atoms with van der Waals surface area (Å²) in [5.41, 5.74) is 13.5. The lowest BCUT2D eigenvalue weighted by molar-refractivity contribution is 0.922. The van der Waals surface area contributed by atoms with Gasteiger partial charge in [-0.3, -0.25) is 0 Å². The van der Waals surface area contributed by atoms with Crippen molar-refractivity contribution < 1.29 is 0 Å². The van der Waals surface area contributed by atoms with Crippen molar-refractivity contribution in [2.45, 2.75) is 19.8 Å². The van der Waals surface area contributed by atoms with Gasteiger partial charge in [0.1, 0.15) is 0 Å². The molecule has 1 rings (SSSR count). The Balaban J connectivity index is 3.24. The highest BCUT2D eigenvalue weighted by Crippen LogP contribution is 2.36. The van der Waals surface area contributed by atoms with Gasteiger partial charge in [0, 0.05) is 0 Å². The third-order valence-electron chi connectivity index (χ3n) is 1.87. The summed E-state index contributed by atoms with van der Waals surface area (Å²) < 4.78 is 0.706. The summed E-state index contributed by atoms with van der Waals surface area (Å²) in [5, 5.41) is 0.675. The molecule has 0 spiro atoms. The van der Waals surface area contributed by atoms with Crippen LogP contribution in [-0.2, 0) is 6.42 Å². The predicted octanol–water partition coefficient (Wildman–Crippen LogP) is 3.22. The number of hydrogen-bond donors (Lipinski definition) is 2. The second-order valence-corrected chi connectivity index (χ2v) is 4.09. The zero-order valence-corrected chi connectivity index (χ0v) is 9.74. The van der Waals surface area contributed by atoms with Gasteiger partial charge in [0.05, 0.1) is 20.9 Å². The highest BCUT2D eigenvalue weighted by Gasteiger charge is 2.10. The van der Waals surface area contributed by atoms with E-state index in [4.69, 9.17) is 23.1 Å². The first-order chi connectivity index (χ1) is 6.07. The Morgan fingerprint density at radius 1 is 1.46 bits per heavy atom. The van der Waals surface area contributed by atoms with Crippen molar-refractivity contribution >= 4 is 38.9 Å². The van der Waals surface area contributed by atoms with Crippen molar-refractivity contribution in [2.75, 3.05) is 11.5 Å². The fraction of sp³-hybridized carbons (Fsp3) is 0.333. The number of anilines is 2. The molecule has 0 radical (unpaired) electrons. The van der Waals surface area contributed by atoms with Gasteiger partial charge in [-0.1, -0.05) is 24.9 Å². The van der Waals surface area contributed by atoms with E-state index in [-0.39, 0.29) is 0 Å². The van der Waals surface area contributed by atoms with Crippen LogP contribution in [0.25, 0.3) is 0 Å². The Kier molecular flexibility index (Phi) is 3.45. The van der Waals surface area contributed by atoms with E-state index in [0.29, 0.717) is 20.9 Å². The van der Waals surface area contributed by atoms with E-state index in [1.54, 1.807) is 0 Å². The minimum atomic E-state index is 0.518. The molecule has 0 aliphatic heterocycles. The number of nitrogens with two attached hydrogens (primary N) is 2. The van der Waals surface area contributed by atoms with E-state index in [2.05, 4.69) is 22.9 Å². The van der Waals surface area contributed by atoms with Gasteiger partial charge >= 0.3 is 0 Å². The van der Waals surface area contributed by atoms with Crippen LogP contribution in [0.5, 0.6) is 0 Å². The molecule has 1 aromatic rings. The van der Waals surface area contributed by atoms with Crippen LogP contribution in [0.1, 0.15) is 18.9 Å². The molecule has 4 heteroatoms. The van der Waals surface area contributed by atoms with Crippen molar-refractivity contribution in [3.05, 3.63) is 21.1 Å². The van der Waals surface area contributed by atoms with E-state index < -0.39 is 0 Å². The van der Waals surface area contributed by atoms with Gasteiger partial charge in [-0.15, -0.1) is 0 Å². The average Bonchev–Trinajstić information content (AvgIpc) is 2.11. The number of rotatable bonds is 2. The third kappa shape index (κ3) is 2.09. The smallest absolute Gasteiger partial charge is 0.0707 e. The molecule has 1 aromatic carbocycles. The molecule has 0 atom stereocenters. The van der Waals surface area contributed by atoms with Gasteiger partial charge in [0.25, 0.3) is 0 Å². The van der Waals surface area contributed by atoms with Crippen molar-refractivity contribution in [2.24, 2.45) is 0 Å². The monoisotopic (exact) mass is 262 g/mol. The highest BCUT2D eigenvalue weighted by atomic mass is 79.9. The molecule has 0 aliphatic carbocycles. The minimum Gasteiger partial charge on any atom is -0.397 e. The molecule has 0 bridgehead atoms. The normalized spacial score (nSPS) is 10.4. The predicted molar refractivity (Wildman–Crippen MR) is 62.0 cm³/mol. The lowest BCUT2D eigenvalue weighted by Gasteiger charge is -2.09. The molecule has 0 saturated carbocycles. The quantitative estimate of drug-likeness (QED) is 0.805. The molecule has 4 N–H and O–H groups in total. The Labute approximate surface area is 91.4 Å². The van der Waals surface area contributed by atoms with Crippen LogP contribution in [0, 0.1) is 0 Å². The van der Waals surface area contributed by atoms with Gasteiger partial charge in [-0.05, 0) is 34.0 Å². The lowest BCUT2D eigenvalue weighted by Crippen LogP contribution is -1.99. The van der Waals surface area contributed by atoms with E-state index in [9.17, 15) is 0 Å². The summed E-state index contributed by atoms with van der Waals surface area (Å²) in [6.45, 7) is 2.09. The van der Waals surface area contributed by atoms with Crippen molar-refractivity contribution in [3.63, 3.8) is 0 Å². The summed E-state index contributed by atoms with van der Waals surface area (Å²) in [6.07, 6.45) is 1.96. The van der Waals surface area contributed by atoms with Gasteiger partial charge in [0.2, 0.25) is 0 Å². The zero-order valence-electron chi connectivity index (χ0n) is 7.40. The fourth-order valence-electron chi connectivity index (χ4n) is 1.17. The van der Waals surface area contributed by atoms with Crippen molar-refractivity contribution in [3.8, 4) is 0 Å². The van der Waals surface area contributed by atoms with Crippen LogP contribution in [-0.4, -0.2) is 0 Å². The topological polar surface area (TPSA) is 52.0 Å². The van der Waals surface area contributed by atoms with Gasteiger partial charge in [0.15, 0.2) is 0 Å². The first kappa shape index (κ1) is 10.7. The molecule has 0 unspecified atom stereocenters. The molecular formula is C9H12BrClN2. The maximum Gasteiger partial charge on any atom is 0.0707 e. The standard InChI is InChI=1S/C9H12BrClN2/c1-2-3-5-4-6(12)9(13)7(10)8(5)11/h4H,2-3,12-13H2,1H3. The Morgan fingerprint density at radius 2 is 2.08 bits per heavy atom. The summed E-state index contributed by atoms with van der Waals surface area (Å²) >= 11 is 9.38. The Hall–Kier alpha value is -0.410. The molecule has 0 aromatic heterocycles. The van der Waals surface area contributed by atoms with Gasteiger partial charge in [-0.25, -0.2) is 0 Å². The van der Waals surface area contributed by atoms with E-state index in [1.807, 2.05) is 6.07 Å². The average molecular weight is 264 g/mol. The molecule has 0 fully saturated rings. The molecular weight excluding hydrogens is 251 g/mol. The second kappa shape index (κ2) is 4.20. The van der Waals surface area contributed by atoms with Crippen LogP contribution in [0.4, 0.5) is 11.4 Å². The third-order valence-corrected chi connectivity index (χ3v) is 3.35. The van der Waals surface area contributed by atoms with Crippen LogP contribution in [0.15, 0.2) is 10.5 Å². The Bertz CT molecular complexity index is 326. The Morgan fingerprint density at radius 3 is 2.62 bits per heavy atom. The zero-order chi connectivity index (χ0) is 10.0. The van der Waals surface area contributed by atoms with Crippen LogP contribution in [0.3, 0.4) is 0 Å². The van der Waals surface area contributed by atoms with Crippen LogP contribution in [0.2, 0.25) is 5.02 Å². The molecule has 0 saturated heterocycles. The molecule has 0 amide bonds. The largest absolute Gasteiger partial charge is 0.397 e. The summed E-state index contributed by atoms with van der Waals surface area (Å²) in [5.74, 6) is 0. The summed E-state index contributed by atoms with van der Waals surface area (Å²) in [7, 11) is 0. The number of nitrogen functional groups attached to an aromatic ring is 2.